The van der Waals surface area contributed by atoms with Crippen molar-refractivity contribution in [2.75, 3.05) is 0 Å². The molecule has 29 heavy (non-hydrogen) atoms. The third-order valence-corrected chi connectivity index (χ3v) is 4.94. The number of rotatable bonds is 3. The predicted molar refractivity (Wildman–Crippen MR) is 97.2 cm³/mol. The fourth-order valence-corrected chi connectivity index (χ4v) is 3.59. The second-order valence-electron chi connectivity index (χ2n) is 6.65. The number of benzene rings is 2. The van der Waals surface area contributed by atoms with Crippen LogP contribution < -0.4 is 0 Å². The SMILES string of the molecule is Cn1ncc(-c2ccc3c(c2)C(F)(F)c2cc(-c4nn[nH]c4C(=O)O)ccc2-3)n1. The van der Waals surface area contributed by atoms with Gasteiger partial charge in [0.1, 0.15) is 11.4 Å². The zero-order chi connectivity index (χ0) is 20.3. The van der Waals surface area contributed by atoms with Crippen molar-refractivity contribution >= 4 is 5.97 Å². The Morgan fingerprint density at radius 2 is 1.76 bits per heavy atom. The number of halogens is 2. The van der Waals surface area contributed by atoms with Gasteiger partial charge in [-0.3, -0.25) is 5.10 Å². The first-order chi connectivity index (χ1) is 13.9. The molecule has 1 aliphatic rings. The summed E-state index contributed by atoms with van der Waals surface area (Å²) >= 11 is 0. The molecule has 10 heteroatoms. The lowest BCUT2D eigenvalue weighted by molar-refractivity contribution is 0.0481. The van der Waals surface area contributed by atoms with Crippen molar-refractivity contribution in [2.45, 2.75) is 5.92 Å². The summed E-state index contributed by atoms with van der Waals surface area (Å²) in [7, 11) is 1.65. The highest BCUT2D eigenvalue weighted by molar-refractivity contribution is 5.93. The Bertz CT molecular complexity index is 1290. The van der Waals surface area contributed by atoms with Gasteiger partial charge in [0.05, 0.1) is 6.20 Å². The second-order valence-corrected chi connectivity index (χ2v) is 6.65. The monoisotopic (exact) mass is 394 g/mol. The summed E-state index contributed by atoms with van der Waals surface area (Å²) in [5.74, 6) is -4.53. The van der Waals surface area contributed by atoms with Crippen LogP contribution in [-0.4, -0.2) is 41.5 Å². The highest BCUT2D eigenvalue weighted by Gasteiger charge is 2.45. The molecule has 0 amide bonds. The second kappa shape index (κ2) is 5.77. The lowest BCUT2D eigenvalue weighted by atomic mass is 10.0. The summed E-state index contributed by atoms with van der Waals surface area (Å²) in [6.45, 7) is 0. The third-order valence-electron chi connectivity index (χ3n) is 4.94. The molecule has 0 fully saturated rings. The maximum Gasteiger partial charge on any atom is 0.356 e. The van der Waals surface area contributed by atoms with Crippen LogP contribution in [0.2, 0.25) is 0 Å². The van der Waals surface area contributed by atoms with Crippen molar-refractivity contribution < 1.29 is 18.7 Å². The summed E-state index contributed by atoms with van der Waals surface area (Å²) < 4.78 is 30.6. The molecule has 2 aromatic carbocycles. The molecule has 0 radical (unpaired) electrons. The summed E-state index contributed by atoms with van der Waals surface area (Å²) in [5.41, 5.74) is 1.50. The molecule has 0 aliphatic heterocycles. The fourth-order valence-electron chi connectivity index (χ4n) is 3.59. The number of hydrogen-bond acceptors (Lipinski definition) is 5. The Balaban J connectivity index is 1.64. The first-order valence-electron chi connectivity index (χ1n) is 8.55. The number of alkyl halides is 2. The number of aromatic amines is 1. The molecule has 144 valence electrons. The quantitative estimate of drug-likeness (QED) is 0.553. The van der Waals surface area contributed by atoms with E-state index < -0.39 is 11.9 Å². The largest absolute Gasteiger partial charge is 0.476 e. The van der Waals surface area contributed by atoms with Crippen LogP contribution in [0, 0.1) is 0 Å². The molecule has 1 aliphatic carbocycles. The Kier molecular flexibility index (Phi) is 3.42. The van der Waals surface area contributed by atoms with Crippen molar-refractivity contribution in [3.63, 3.8) is 0 Å². The van der Waals surface area contributed by atoms with Gasteiger partial charge in [-0.2, -0.15) is 23.8 Å². The third kappa shape index (κ3) is 2.45. The predicted octanol–water partition coefficient (Wildman–Crippen LogP) is 3.09. The zero-order valence-electron chi connectivity index (χ0n) is 14.9. The minimum Gasteiger partial charge on any atom is -0.476 e. The molecular formula is C19H12F2N6O2. The van der Waals surface area contributed by atoms with E-state index in [1.807, 2.05) is 0 Å². The number of carboxylic acid groups (broad SMARTS) is 1. The topological polar surface area (TPSA) is 110 Å². The standard InChI is InChI=1S/C19H12F2N6O2/c1-27-22-8-15(25-27)9-2-4-11-12-5-3-10(16-17(18(28)29)24-26-23-16)7-14(12)19(20,21)13(11)6-9/h2-8H,1H3,(H,28,29)(H,23,24,26). The van der Waals surface area contributed by atoms with Gasteiger partial charge < -0.3 is 5.11 Å². The summed E-state index contributed by atoms with van der Waals surface area (Å²) in [4.78, 5) is 12.7. The molecule has 5 rings (SSSR count). The molecule has 0 bridgehead atoms. The van der Waals surface area contributed by atoms with E-state index in [1.165, 1.54) is 23.1 Å². The molecule has 4 aromatic rings. The summed E-state index contributed by atoms with van der Waals surface area (Å²) in [6, 6.07) is 9.15. The zero-order valence-corrected chi connectivity index (χ0v) is 14.9. The van der Waals surface area contributed by atoms with Gasteiger partial charge in [-0.1, -0.05) is 29.5 Å². The fraction of sp³-hybridized carbons (Fsp3) is 0.105. The van der Waals surface area contributed by atoms with Crippen LogP contribution in [0.15, 0.2) is 42.6 Å². The highest BCUT2D eigenvalue weighted by Crippen LogP contribution is 2.52. The number of hydrogen-bond donors (Lipinski definition) is 2. The van der Waals surface area contributed by atoms with Crippen molar-refractivity contribution in [3.05, 3.63) is 59.4 Å². The number of aromatic nitrogens is 6. The number of H-pyrrole nitrogens is 1. The van der Waals surface area contributed by atoms with Crippen LogP contribution in [0.5, 0.6) is 0 Å². The molecule has 2 aromatic heterocycles. The number of nitrogens with one attached hydrogen (secondary N) is 1. The number of fused-ring (bicyclic) bond motifs is 3. The first kappa shape index (κ1) is 17.2. The Hall–Kier alpha value is -3.95. The minimum absolute atomic E-state index is 0.00676. The Morgan fingerprint density at radius 3 is 2.38 bits per heavy atom. The normalized spacial score (nSPS) is 13.9. The van der Waals surface area contributed by atoms with Crippen molar-refractivity contribution in [1.82, 2.24) is 30.4 Å². The lowest BCUT2D eigenvalue weighted by Crippen LogP contribution is -2.11. The molecule has 0 saturated carbocycles. The molecule has 2 heterocycles. The van der Waals surface area contributed by atoms with Gasteiger partial charge in [0.15, 0.2) is 5.69 Å². The van der Waals surface area contributed by atoms with E-state index in [4.69, 9.17) is 0 Å². The van der Waals surface area contributed by atoms with Crippen LogP contribution in [0.4, 0.5) is 8.78 Å². The van der Waals surface area contributed by atoms with Crippen molar-refractivity contribution in [2.24, 2.45) is 7.05 Å². The maximum absolute atomic E-state index is 15.3. The molecular weight excluding hydrogens is 382 g/mol. The van der Waals surface area contributed by atoms with Gasteiger partial charge >= 0.3 is 5.97 Å². The van der Waals surface area contributed by atoms with Crippen molar-refractivity contribution in [1.29, 1.82) is 0 Å². The molecule has 0 atom stereocenters. The van der Waals surface area contributed by atoms with Crippen LogP contribution in [0.25, 0.3) is 33.6 Å². The average Bonchev–Trinajstić information content (AvgIpc) is 3.40. The number of carboxylic acids is 1. The Labute approximate surface area is 161 Å². The van der Waals surface area contributed by atoms with Crippen LogP contribution in [0.3, 0.4) is 0 Å². The van der Waals surface area contributed by atoms with E-state index in [0.29, 0.717) is 22.4 Å². The Morgan fingerprint density at radius 1 is 1.10 bits per heavy atom. The van der Waals surface area contributed by atoms with Crippen LogP contribution in [-0.2, 0) is 13.0 Å². The lowest BCUT2D eigenvalue weighted by Gasteiger charge is -2.13. The number of carbonyl (C=O) groups is 1. The summed E-state index contributed by atoms with van der Waals surface area (Å²) in [5, 5.41) is 26.9. The van der Waals surface area contributed by atoms with Gasteiger partial charge in [-0.05, 0) is 23.3 Å². The number of aryl methyl sites for hydroxylation is 1. The number of aromatic carboxylic acids is 1. The smallest absolute Gasteiger partial charge is 0.356 e. The highest BCUT2D eigenvalue weighted by atomic mass is 19.3. The van der Waals surface area contributed by atoms with Crippen molar-refractivity contribution in [3.8, 4) is 33.6 Å². The average molecular weight is 394 g/mol. The molecule has 2 N–H and O–H groups in total. The summed E-state index contributed by atoms with van der Waals surface area (Å²) in [6.07, 6.45) is 1.51. The van der Waals surface area contributed by atoms with Gasteiger partial charge in [0.2, 0.25) is 0 Å². The number of nitrogens with zero attached hydrogens (tertiary/aromatic N) is 5. The van der Waals surface area contributed by atoms with E-state index in [2.05, 4.69) is 25.6 Å². The molecule has 8 nitrogen and oxygen atoms in total. The minimum atomic E-state index is -3.26. The first-order valence-corrected chi connectivity index (χ1v) is 8.55. The van der Waals surface area contributed by atoms with Gasteiger partial charge in [0, 0.05) is 29.3 Å². The van der Waals surface area contributed by atoms with E-state index in [0.717, 1.165) is 0 Å². The molecule has 0 unspecified atom stereocenters. The van der Waals surface area contributed by atoms with Crippen LogP contribution >= 0.6 is 0 Å². The van der Waals surface area contributed by atoms with E-state index in [9.17, 15) is 9.90 Å². The maximum atomic E-state index is 15.3. The van der Waals surface area contributed by atoms with E-state index in [-0.39, 0.29) is 28.1 Å². The van der Waals surface area contributed by atoms with E-state index in [1.54, 1.807) is 31.3 Å². The van der Waals surface area contributed by atoms with Gasteiger partial charge in [-0.25, -0.2) is 4.79 Å². The molecule has 0 saturated heterocycles. The van der Waals surface area contributed by atoms with Gasteiger partial charge in [-0.15, -0.1) is 5.10 Å². The van der Waals surface area contributed by atoms with Crippen LogP contribution in [0.1, 0.15) is 21.6 Å². The van der Waals surface area contributed by atoms with Gasteiger partial charge in [0.25, 0.3) is 5.92 Å². The molecule has 0 spiro atoms. The van der Waals surface area contributed by atoms with E-state index >= 15 is 8.78 Å².